The van der Waals surface area contributed by atoms with Crippen molar-refractivity contribution in [2.75, 3.05) is 13.1 Å². The van der Waals surface area contributed by atoms with Crippen molar-refractivity contribution >= 4 is 45.5 Å². The number of thioether (sulfide) groups is 1. The molecule has 1 saturated heterocycles. The molecule has 0 radical (unpaired) electrons. The molecule has 4 amide bonds. The van der Waals surface area contributed by atoms with Crippen LogP contribution in [0.3, 0.4) is 0 Å². The highest BCUT2D eigenvalue weighted by Gasteiger charge is 2.47. The Morgan fingerprint density at radius 3 is 2.72 bits per heavy atom. The third kappa shape index (κ3) is 5.06. The zero-order chi connectivity index (χ0) is 22.7. The maximum Gasteiger partial charge on any atom is 0.327 e. The van der Waals surface area contributed by atoms with E-state index in [-0.39, 0.29) is 41.0 Å². The molecule has 0 bridgehead atoms. The zero-order valence-corrected chi connectivity index (χ0v) is 20.7. The van der Waals surface area contributed by atoms with E-state index in [2.05, 4.69) is 21.2 Å². The summed E-state index contributed by atoms with van der Waals surface area (Å²) in [7, 11) is 0. The van der Waals surface area contributed by atoms with E-state index in [1.807, 2.05) is 47.6 Å². The molecule has 1 saturated carbocycles. The molecule has 8 heteroatoms. The number of hydrogen-bond donors (Lipinski definition) is 1. The van der Waals surface area contributed by atoms with Crippen molar-refractivity contribution in [3.8, 4) is 0 Å². The van der Waals surface area contributed by atoms with Crippen molar-refractivity contribution in [3.63, 3.8) is 0 Å². The third-order valence-corrected chi connectivity index (χ3v) is 8.19. The first-order chi connectivity index (χ1) is 15.5. The molecule has 1 aromatic rings. The molecule has 4 rings (SSSR count). The molecule has 0 aromatic heterocycles. The number of carbonyl (C=O) groups is 3. The average Bonchev–Trinajstić information content (AvgIpc) is 3.28. The number of urea groups is 1. The van der Waals surface area contributed by atoms with Gasteiger partial charge in [-0.1, -0.05) is 41.1 Å². The quantitative estimate of drug-likeness (QED) is 0.573. The van der Waals surface area contributed by atoms with E-state index in [9.17, 15) is 14.4 Å². The van der Waals surface area contributed by atoms with Crippen molar-refractivity contribution in [1.82, 2.24) is 15.1 Å². The van der Waals surface area contributed by atoms with Gasteiger partial charge in [0.15, 0.2) is 0 Å². The van der Waals surface area contributed by atoms with E-state index in [0.717, 1.165) is 48.7 Å². The van der Waals surface area contributed by atoms with Crippen LogP contribution in [-0.2, 0) is 16.1 Å². The predicted molar refractivity (Wildman–Crippen MR) is 130 cm³/mol. The zero-order valence-electron chi connectivity index (χ0n) is 18.3. The second kappa shape index (κ2) is 10.4. The fourth-order valence-corrected chi connectivity index (χ4v) is 6.33. The number of imide groups is 1. The van der Waals surface area contributed by atoms with Gasteiger partial charge in [0.2, 0.25) is 11.8 Å². The van der Waals surface area contributed by atoms with Crippen LogP contribution in [0.25, 0.3) is 0 Å². The van der Waals surface area contributed by atoms with Crippen LogP contribution in [0.2, 0.25) is 0 Å². The number of carbonyl (C=O) groups excluding carboxylic acids is 3. The monoisotopic (exact) mass is 519 g/mol. The Hall–Kier alpha value is -1.80. The van der Waals surface area contributed by atoms with Gasteiger partial charge in [-0.05, 0) is 61.1 Å². The number of halogens is 1. The molecule has 2 aliphatic heterocycles. The minimum absolute atomic E-state index is 0.0533. The Morgan fingerprint density at radius 2 is 2.00 bits per heavy atom. The fourth-order valence-electron chi connectivity index (χ4n) is 4.83. The van der Waals surface area contributed by atoms with Gasteiger partial charge in [-0.2, -0.15) is 0 Å². The van der Waals surface area contributed by atoms with Crippen LogP contribution in [-0.4, -0.2) is 52.0 Å². The molecule has 1 aromatic carbocycles. The summed E-state index contributed by atoms with van der Waals surface area (Å²) in [6.07, 6.45) is 6.28. The van der Waals surface area contributed by atoms with E-state index >= 15 is 0 Å². The number of nitrogens with zero attached hydrogens (tertiary/aromatic N) is 2. The number of rotatable bonds is 7. The lowest BCUT2D eigenvalue weighted by atomic mass is 9.81. The molecule has 2 atom stereocenters. The number of nitrogens with one attached hydrogen (secondary N) is 1. The van der Waals surface area contributed by atoms with Crippen LogP contribution >= 0.6 is 27.7 Å². The average molecular weight is 520 g/mol. The first-order valence-corrected chi connectivity index (χ1v) is 13.2. The van der Waals surface area contributed by atoms with Gasteiger partial charge < -0.3 is 10.2 Å². The van der Waals surface area contributed by atoms with E-state index in [4.69, 9.17) is 0 Å². The predicted octanol–water partition coefficient (Wildman–Crippen LogP) is 4.54. The maximum absolute atomic E-state index is 13.4. The van der Waals surface area contributed by atoms with Crippen LogP contribution in [0, 0.1) is 11.8 Å². The second-order valence-corrected chi connectivity index (χ2v) is 10.8. The van der Waals surface area contributed by atoms with Crippen LogP contribution in [0.1, 0.15) is 44.6 Å². The summed E-state index contributed by atoms with van der Waals surface area (Å²) < 4.78 is 0.972. The third-order valence-electron chi connectivity index (χ3n) is 6.61. The minimum Gasteiger partial charge on any atom is -0.356 e. The lowest BCUT2D eigenvalue weighted by Crippen LogP contribution is -2.62. The molecule has 172 valence electrons. The van der Waals surface area contributed by atoms with Crippen molar-refractivity contribution < 1.29 is 14.4 Å². The maximum atomic E-state index is 13.4. The fraction of sp³-hybridized carbons (Fsp3) is 0.542. The van der Waals surface area contributed by atoms with Gasteiger partial charge in [0.25, 0.3) is 0 Å². The number of benzene rings is 1. The number of fused-ring (bicyclic) bond motifs is 1. The first kappa shape index (κ1) is 23.4. The number of hydrogen-bond acceptors (Lipinski definition) is 4. The Morgan fingerprint density at radius 1 is 1.22 bits per heavy atom. The summed E-state index contributed by atoms with van der Waals surface area (Å²) in [5.41, 5.74) is 1.03. The largest absolute Gasteiger partial charge is 0.356 e. The molecule has 2 unspecified atom stereocenters. The first-order valence-electron chi connectivity index (χ1n) is 11.4. The SMILES string of the molecule is CCCNC(=O)C1CCC(CN2C(=O)C3SC=CC3N(Cc3cccc(Br)c3)C2=O)CC1. The molecule has 0 spiro atoms. The van der Waals surface area contributed by atoms with Gasteiger partial charge >= 0.3 is 6.03 Å². The summed E-state index contributed by atoms with van der Waals surface area (Å²) in [4.78, 5) is 42.2. The molecule has 6 nitrogen and oxygen atoms in total. The molecular formula is C24H30BrN3O3S. The highest BCUT2D eigenvalue weighted by atomic mass is 79.9. The van der Waals surface area contributed by atoms with Crippen LogP contribution < -0.4 is 5.32 Å². The van der Waals surface area contributed by atoms with E-state index in [1.165, 1.54) is 16.7 Å². The molecule has 2 fully saturated rings. The standard InChI is InChI=1S/C24H30BrN3O3S/c1-2-11-26-22(29)18-8-6-16(7-9-18)14-28-23(30)21-20(10-12-32-21)27(24(28)31)15-17-4-3-5-19(25)13-17/h3-5,10,12-13,16,18,20-21H,2,6-9,11,14-15H2,1H3,(H,26,29). The van der Waals surface area contributed by atoms with Crippen molar-refractivity contribution in [3.05, 3.63) is 45.8 Å². The normalized spacial score (nSPS) is 27.6. The van der Waals surface area contributed by atoms with Crippen LogP contribution in [0.15, 0.2) is 40.2 Å². The summed E-state index contributed by atoms with van der Waals surface area (Å²) >= 11 is 5.00. The van der Waals surface area contributed by atoms with Crippen molar-refractivity contribution in [2.24, 2.45) is 11.8 Å². The highest BCUT2D eigenvalue weighted by Crippen LogP contribution is 2.37. The van der Waals surface area contributed by atoms with Gasteiger partial charge in [0.05, 0.1) is 6.04 Å². The summed E-state index contributed by atoms with van der Waals surface area (Å²) in [5, 5.41) is 4.67. The lowest BCUT2D eigenvalue weighted by molar-refractivity contribution is -0.132. The minimum atomic E-state index is -0.268. The molecule has 1 aliphatic carbocycles. The Kier molecular flexibility index (Phi) is 7.61. The Labute approximate surface area is 202 Å². The Bertz CT molecular complexity index is 900. The van der Waals surface area contributed by atoms with Crippen molar-refractivity contribution in [1.29, 1.82) is 0 Å². The van der Waals surface area contributed by atoms with Gasteiger partial charge in [-0.25, -0.2) is 4.79 Å². The van der Waals surface area contributed by atoms with Crippen LogP contribution in [0.5, 0.6) is 0 Å². The lowest BCUT2D eigenvalue weighted by Gasteiger charge is -2.43. The summed E-state index contributed by atoms with van der Waals surface area (Å²) in [5.74, 6) is 0.370. The highest BCUT2D eigenvalue weighted by molar-refractivity contribution is 9.10. The molecule has 1 N–H and O–H groups in total. The summed E-state index contributed by atoms with van der Waals surface area (Å²) in [6.45, 7) is 3.68. The van der Waals surface area contributed by atoms with E-state index in [0.29, 0.717) is 13.1 Å². The van der Waals surface area contributed by atoms with Crippen LogP contribution in [0.4, 0.5) is 4.79 Å². The summed E-state index contributed by atoms with van der Waals surface area (Å²) in [6, 6.07) is 7.54. The van der Waals surface area contributed by atoms with Gasteiger partial charge in [-0.3, -0.25) is 14.5 Å². The van der Waals surface area contributed by atoms with Gasteiger partial charge in [0.1, 0.15) is 5.25 Å². The van der Waals surface area contributed by atoms with E-state index < -0.39 is 0 Å². The topological polar surface area (TPSA) is 69.7 Å². The molecule has 32 heavy (non-hydrogen) atoms. The van der Waals surface area contributed by atoms with Gasteiger partial charge in [0, 0.05) is 30.0 Å². The molecule has 3 aliphatic rings. The van der Waals surface area contributed by atoms with E-state index in [1.54, 1.807) is 0 Å². The second-order valence-electron chi connectivity index (χ2n) is 8.87. The number of amides is 4. The molecular weight excluding hydrogens is 490 g/mol. The Balaban J connectivity index is 1.42. The van der Waals surface area contributed by atoms with Crippen molar-refractivity contribution in [2.45, 2.75) is 56.9 Å². The smallest absolute Gasteiger partial charge is 0.327 e. The van der Waals surface area contributed by atoms with Gasteiger partial charge in [-0.15, -0.1) is 11.8 Å². The molecule has 2 heterocycles.